The van der Waals surface area contributed by atoms with E-state index in [1.165, 1.54) is 25.6 Å². The van der Waals surface area contributed by atoms with Gasteiger partial charge < -0.3 is 15.2 Å². The first kappa shape index (κ1) is 23.6. The number of fused-ring (bicyclic) bond motifs is 1. The number of carboxylic acid groups (broad SMARTS) is 1. The average Bonchev–Trinajstić information content (AvgIpc) is 2.85. The van der Waals surface area contributed by atoms with E-state index in [0.29, 0.717) is 27.8 Å². The molecule has 0 radical (unpaired) electrons. The number of carboxylic acids is 1. The third-order valence-electron chi connectivity index (χ3n) is 5.53. The molecule has 4 rings (SSSR count). The number of amides is 1. The van der Waals surface area contributed by atoms with Crippen molar-refractivity contribution in [3.05, 3.63) is 94.8 Å². The summed E-state index contributed by atoms with van der Waals surface area (Å²) in [7, 11) is 1.43. The van der Waals surface area contributed by atoms with Crippen molar-refractivity contribution in [1.29, 1.82) is 0 Å². The third kappa shape index (κ3) is 5.19. The average molecular weight is 475 g/mol. The van der Waals surface area contributed by atoms with E-state index in [9.17, 15) is 23.9 Å². The van der Waals surface area contributed by atoms with Crippen LogP contribution in [-0.2, 0) is 16.1 Å². The number of aliphatic carboxylic acids is 1. The van der Waals surface area contributed by atoms with Crippen molar-refractivity contribution in [2.45, 2.75) is 19.0 Å². The summed E-state index contributed by atoms with van der Waals surface area (Å²) >= 11 is 0. The highest BCUT2D eigenvalue weighted by molar-refractivity contribution is 5.80. The van der Waals surface area contributed by atoms with Crippen LogP contribution in [0.5, 0.6) is 5.75 Å². The fourth-order valence-corrected chi connectivity index (χ4v) is 3.91. The molecule has 0 spiro atoms. The predicted molar refractivity (Wildman–Crippen MR) is 128 cm³/mol. The Labute approximate surface area is 199 Å². The zero-order chi connectivity index (χ0) is 24.9. The minimum absolute atomic E-state index is 0.228. The van der Waals surface area contributed by atoms with Gasteiger partial charge in [-0.15, -0.1) is 0 Å². The fraction of sp³-hybridized carbons (Fsp3) is 0.154. The molecule has 1 aromatic heterocycles. The van der Waals surface area contributed by atoms with Crippen molar-refractivity contribution in [1.82, 2.24) is 14.9 Å². The highest BCUT2D eigenvalue weighted by atomic mass is 19.1. The maximum absolute atomic E-state index is 14.6. The summed E-state index contributed by atoms with van der Waals surface area (Å²) < 4.78 is 21.0. The van der Waals surface area contributed by atoms with E-state index in [-0.39, 0.29) is 17.7 Å². The maximum atomic E-state index is 14.6. The number of benzene rings is 3. The summed E-state index contributed by atoms with van der Waals surface area (Å²) in [5, 5.41) is 12.5. The number of hydrogen-bond donors (Lipinski definition) is 2. The zero-order valence-corrected chi connectivity index (χ0v) is 18.8. The first-order valence-electron chi connectivity index (χ1n) is 10.8. The summed E-state index contributed by atoms with van der Waals surface area (Å²) in [4.78, 5) is 41.2. The van der Waals surface area contributed by atoms with E-state index in [1.54, 1.807) is 54.6 Å². The number of nitrogens with one attached hydrogen (secondary N) is 1. The number of carbonyl (C=O) groups is 2. The molecule has 0 saturated carbocycles. The Bertz CT molecular complexity index is 1470. The van der Waals surface area contributed by atoms with Crippen LogP contribution in [0.1, 0.15) is 18.0 Å². The van der Waals surface area contributed by atoms with E-state index < -0.39 is 30.2 Å². The van der Waals surface area contributed by atoms with E-state index in [0.717, 1.165) is 4.57 Å². The molecule has 3 aromatic carbocycles. The molecule has 178 valence electrons. The highest BCUT2D eigenvalue weighted by Crippen LogP contribution is 2.34. The normalized spacial score (nSPS) is 11.7. The molecule has 35 heavy (non-hydrogen) atoms. The molecule has 0 aliphatic rings. The van der Waals surface area contributed by atoms with Gasteiger partial charge >= 0.3 is 5.97 Å². The molecule has 0 unspecified atom stereocenters. The van der Waals surface area contributed by atoms with Crippen LogP contribution in [0.15, 0.2) is 77.9 Å². The van der Waals surface area contributed by atoms with Crippen LogP contribution >= 0.6 is 0 Å². The van der Waals surface area contributed by atoms with E-state index in [2.05, 4.69) is 10.3 Å². The van der Waals surface area contributed by atoms with Crippen molar-refractivity contribution < 1.29 is 23.8 Å². The van der Waals surface area contributed by atoms with Gasteiger partial charge in [-0.3, -0.25) is 19.0 Å². The molecule has 9 heteroatoms. The van der Waals surface area contributed by atoms with Gasteiger partial charge in [-0.1, -0.05) is 36.4 Å². The topological polar surface area (TPSA) is 111 Å². The largest absolute Gasteiger partial charge is 0.496 e. The molecule has 0 aliphatic heterocycles. The summed E-state index contributed by atoms with van der Waals surface area (Å²) in [6.07, 6.45) is 0.871. The number of aromatic nitrogens is 2. The van der Waals surface area contributed by atoms with Gasteiger partial charge in [0, 0.05) is 0 Å². The van der Waals surface area contributed by atoms with Crippen LogP contribution in [-0.4, -0.2) is 33.6 Å². The van der Waals surface area contributed by atoms with Crippen LogP contribution in [0.3, 0.4) is 0 Å². The molecule has 0 saturated heterocycles. The van der Waals surface area contributed by atoms with Crippen molar-refractivity contribution in [2.75, 3.05) is 7.11 Å². The number of halogens is 1. The Balaban J connectivity index is 1.62. The lowest BCUT2D eigenvalue weighted by atomic mass is 9.97. The summed E-state index contributed by atoms with van der Waals surface area (Å²) in [5.74, 6) is -1.87. The molecular formula is C26H22FN3O5. The Kier molecular flexibility index (Phi) is 6.86. The Hall–Kier alpha value is -4.53. The standard InChI is InChI=1S/C26H22FN3O5/c1-35-22-11-5-9-19(27)25(22)17-7-4-6-16(12-17)21(13-24(32)33)29-23(31)14-30-15-28-20-10-3-2-8-18(20)26(30)34/h2-12,15,21H,13-14H2,1H3,(H,29,31)(H,32,33)/t21-/m0/s1. The lowest BCUT2D eigenvalue weighted by Crippen LogP contribution is -2.35. The molecule has 4 aromatic rings. The second-order valence-electron chi connectivity index (χ2n) is 7.86. The number of hydrogen-bond acceptors (Lipinski definition) is 5. The van der Waals surface area contributed by atoms with Crippen molar-refractivity contribution in [3.63, 3.8) is 0 Å². The van der Waals surface area contributed by atoms with E-state index >= 15 is 0 Å². The highest BCUT2D eigenvalue weighted by Gasteiger charge is 2.21. The Morgan fingerprint density at radius 3 is 2.66 bits per heavy atom. The molecule has 0 bridgehead atoms. The summed E-state index contributed by atoms with van der Waals surface area (Å²) in [6.45, 7) is -0.340. The van der Waals surface area contributed by atoms with Gasteiger partial charge in [-0.05, 0) is 41.5 Å². The van der Waals surface area contributed by atoms with Crippen LogP contribution < -0.4 is 15.6 Å². The Morgan fingerprint density at radius 1 is 1.11 bits per heavy atom. The quantitative estimate of drug-likeness (QED) is 0.403. The summed E-state index contributed by atoms with van der Waals surface area (Å²) in [6, 6.07) is 16.9. The van der Waals surface area contributed by atoms with E-state index in [1.807, 2.05) is 0 Å². The van der Waals surface area contributed by atoms with Gasteiger partial charge in [0.1, 0.15) is 18.1 Å². The first-order chi connectivity index (χ1) is 16.9. The third-order valence-corrected chi connectivity index (χ3v) is 5.53. The van der Waals surface area contributed by atoms with Gasteiger partial charge in [-0.25, -0.2) is 9.37 Å². The van der Waals surface area contributed by atoms with Gasteiger partial charge in [-0.2, -0.15) is 0 Å². The molecule has 1 atom stereocenters. The zero-order valence-electron chi connectivity index (χ0n) is 18.8. The number of para-hydroxylation sites is 1. The van der Waals surface area contributed by atoms with Crippen LogP contribution in [0, 0.1) is 5.82 Å². The lowest BCUT2D eigenvalue weighted by Gasteiger charge is -2.19. The van der Waals surface area contributed by atoms with Crippen molar-refractivity contribution in [3.8, 4) is 16.9 Å². The monoisotopic (exact) mass is 475 g/mol. The minimum Gasteiger partial charge on any atom is -0.496 e. The first-order valence-corrected chi connectivity index (χ1v) is 10.8. The number of rotatable bonds is 8. The van der Waals surface area contributed by atoms with Crippen LogP contribution in [0.25, 0.3) is 22.0 Å². The fourth-order valence-electron chi connectivity index (χ4n) is 3.91. The van der Waals surface area contributed by atoms with Gasteiger partial charge in [0.25, 0.3) is 5.56 Å². The second-order valence-corrected chi connectivity index (χ2v) is 7.86. The smallest absolute Gasteiger partial charge is 0.305 e. The van der Waals surface area contributed by atoms with Crippen molar-refractivity contribution >= 4 is 22.8 Å². The number of carbonyl (C=O) groups excluding carboxylic acids is 1. The SMILES string of the molecule is COc1cccc(F)c1-c1cccc([C@H](CC(=O)O)NC(=O)Cn2cnc3ccccc3c2=O)c1. The summed E-state index contributed by atoms with van der Waals surface area (Å²) in [5.41, 5.74) is 1.29. The van der Waals surface area contributed by atoms with Gasteiger partial charge in [0.2, 0.25) is 5.91 Å². The number of ether oxygens (including phenoxy) is 1. The van der Waals surface area contributed by atoms with Crippen LogP contribution in [0.2, 0.25) is 0 Å². The molecule has 2 N–H and O–H groups in total. The van der Waals surface area contributed by atoms with Gasteiger partial charge in [0.15, 0.2) is 0 Å². The lowest BCUT2D eigenvalue weighted by molar-refractivity contribution is -0.137. The molecule has 1 heterocycles. The molecule has 0 fully saturated rings. The van der Waals surface area contributed by atoms with Gasteiger partial charge in [0.05, 0.1) is 42.4 Å². The molecule has 8 nitrogen and oxygen atoms in total. The second kappa shape index (κ2) is 10.2. The Morgan fingerprint density at radius 2 is 1.89 bits per heavy atom. The minimum atomic E-state index is -1.13. The van der Waals surface area contributed by atoms with E-state index in [4.69, 9.17) is 4.74 Å². The molecule has 0 aliphatic carbocycles. The maximum Gasteiger partial charge on any atom is 0.305 e. The predicted octanol–water partition coefficient (Wildman–Crippen LogP) is 3.54. The molecular weight excluding hydrogens is 453 g/mol. The van der Waals surface area contributed by atoms with Crippen LogP contribution in [0.4, 0.5) is 4.39 Å². The molecule has 1 amide bonds. The number of nitrogens with zero attached hydrogens (tertiary/aromatic N) is 2. The number of methoxy groups -OCH3 is 1. The van der Waals surface area contributed by atoms with Crippen molar-refractivity contribution in [2.24, 2.45) is 0 Å².